The lowest BCUT2D eigenvalue weighted by molar-refractivity contribution is 0.0748. The Bertz CT molecular complexity index is 234. The minimum absolute atomic E-state index is 0.125. The molecule has 0 aromatic carbocycles. The molecule has 0 saturated carbocycles. The Morgan fingerprint density at radius 3 is 1.75 bits per heavy atom. The summed E-state index contributed by atoms with van der Waals surface area (Å²) in [5.74, 6) is 0.417. The molecule has 0 aliphatic carbocycles. The number of hydrogen-bond donors (Lipinski definition) is 2. The minimum atomic E-state index is -1.14. The summed E-state index contributed by atoms with van der Waals surface area (Å²) in [6.45, 7) is 13.8. The summed E-state index contributed by atoms with van der Waals surface area (Å²) in [6, 6.07) is -0.125. The molecule has 0 radical (unpaired) electrons. The van der Waals surface area contributed by atoms with E-state index in [-0.39, 0.29) is 22.6 Å². The lowest BCUT2D eigenvalue weighted by atomic mass is 9.92. The highest BCUT2D eigenvalue weighted by atomic mass is 32.2. The van der Waals surface area contributed by atoms with Gasteiger partial charge in [0.15, 0.2) is 0 Å². The van der Waals surface area contributed by atoms with Crippen LogP contribution in [0.1, 0.15) is 48.5 Å². The predicted octanol–water partition coefficient (Wildman–Crippen LogP) is 2.08. The third-order valence-electron chi connectivity index (χ3n) is 2.57. The molecule has 98 valence electrons. The van der Waals surface area contributed by atoms with Gasteiger partial charge >= 0.3 is 0 Å². The van der Waals surface area contributed by atoms with Crippen LogP contribution >= 0.6 is 0 Å². The first kappa shape index (κ1) is 16.1. The molecule has 0 fully saturated rings. The van der Waals surface area contributed by atoms with E-state index in [1.165, 1.54) is 0 Å². The first-order chi connectivity index (χ1) is 7.07. The van der Waals surface area contributed by atoms with Gasteiger partial charge in [0.05, 0.1) is 21.8 Å². The van der Waals surface area contributed by atoms with Crippen LogP contribution in [-0.2, 0) is 11.0 Å². The fraction of sp³-hybridized carbons (Fsp3) is 1.00. The summed E-state index contributed by atoms with van der Waals surface area (Å²) < 4.78 is 14.8. The van der Waals surface area contributed by atoms with Crippen molar-refractivity contribution in [2.24, 2.45) is 11.8 Å². The molecule has 0 unspecified atom stereocenters. The van der Waals surface area contributed by atoms with Crippen molar-refractivity contribution in [2.45, 2.75) is 65.4 Å². The van der Waals surface area contributed by atoms with Crippen molar-refractivity contribution < 1.29 is 9.32 Å². The molecule has 0 aliphatic rings. The van der Waals surface area contributed by atoms with E-state index >= 15 is 0 Å². The molecule has 0 spiro atoms. The number of nitrogens with one attached hydrogen (secondary N) is 1. The van der Waals surface area contributed by atoms with E-state index in [1.54, 1.807) is 0 Å². The molecule has 0 bridgehead atoms. The Balaban J connectivity index is 4.65. The van der Waals surface area contributed by atoms with Crippen LogP contribution < -0.4 is 4.72 Å². The van der Waals surface area contributed by atoms with E-state index in [1.807, 2.05) is 48.5 Å². The van der Waals surface area contributed by atoms with Gasteiger partial charge in [-0.1, -0.05) is 27.7 Å². The molecule has 0 saturated heterocycles. The van der Waals surface area contributed by atoms with Crippen molar-refractivity contribution in [3.8, 4) is 0 Å². The highest BCUT2D eigenvalue weighted by molar-refractivity contribution is 7.84. The fourth-order valence-electron chi connectivity index (χ4n) is 1.32. The van der Waals surface area contributed by atoms with Crippen molar-refractivity contribution in [1.82, 2.24) is 4.72 Å². The summed E-state index contributed by atoms with van der Waals surface area (Å²) in [7, 11) is -1.14. The zero-order valence-corrected chi connectivity index (χ0v) is 12.4. The third kappa shape index (κ3) is 4.93. The van der Waals surface area contributed by atoms with Gasteiger partial charge < -0.3 is 5.11 Å². The average molecular weight is 249 g/mol. The Labute approximate surface area is 103 Å². The van der Waals surface area contributed by atoms with Gasteiger partial charge in [-0.2, -0.15) is 0 Å². The minimum Gasteiger partial charge on any atom is -0.391 e. The molecular formula is C12H27NO2S. The van der Waals surface area contributed by atoms with E-state index in [9.17, 15) is 9.32 Å². The third-order valence-corrected chi connectivity index (χ3v) is 4.17. The van der Waals surface area contributed by atoms with Crippen molar-refractivity contribution in [1.29, 1.82) is 0 Å². The number of hydrogen-bond acceptors (Lipinski definition) is 2. The second kappa shape index (κ2) is 6.12. The van der Waals surface area contributed by atoms with E-state index < -0.39 is 17.1 Å². The van der Waals surface area contributed by atoms with Crippen LogP contribution in [0.15, 0.2) is 0 Å². The summed E-state index contributed by atoms with van der Waals surface area (Å²) in [4.78, 5) is 0. The van der Waals surface area contributed by atoms with E-state index in [0.29, 0.717) is 0 Å². The van der Waals surface area contributed by atoms with E-state index in [0.717, 1.165) is 0 Å². The van der Waals surface area contributed by atoms with Crippen LogP contribution in [0, 0.1) is 11.8 Å². The number of aliphatic hydroxyl groups excluding tert-OH is 1. The topological polar surface area (TPSA) is 49.3 Å². The average Bonchev–Trinajstić information content (AvgIpc) is 2.10. The molecule has 16 heavy (non-hydrogen) atoms. The first-order valence-electron chi connectivity index (χ1n) is 5.93. The molecule has 4 heteroatoms. The van der Waals surface area contributed by atoms with Crippen molar-refractivity contribution in [3.63, 3.8) is 0 Å². The van der Waals surface area contributed by atoms with E-state index in [4.69, 9.17) is 0 Å². The molecule has 0 aliphatic heterocycles. The van der Waals surface area contributed by atoms with Gasteiger partial charge in [-0.05, 0) is 32.6 Å². The lowest BCUT2D eigenvalue weighted by Crippen LogP contribution is -2.50. The molecule has 3 nitrogen and oxygen atoms in total. The van der Waals surface area contributed by atoms with E-state index in [2.05, 4.69) is 4.72 Å². The Hall–Kier alpha value is 0.0700. The summed E-state index contributed by atoms with van der Waals surface area (Å²) in [5, 5.41) is 10.1. The summed E-state index contributed by atoms with van der Waals surface area (Å²) in [5.41, 5.74) is 0. The highest BCUT2D eigenvalue weighted by Gasteiger charge is 2.30. The van der Waals surface area contributed by atoms with Crippen molar-refractivity contribution in [2.75, 3.05) is 0 Å². The van der Waals surface area contributed by atoms with Gasteiger partial charge in [0, 0.05) is 6.04 Å². The quantitative estimate of drug-likeness (QED) is 0.784. The molecule has 0 aromatic rings. The largest absolute Gasteiger partial charge is 0.391 e. The maximum atomic E-state index is 12.0. The molecule has 0 heterocycles. The highest BCUT2D eigenvalue weighted by Crippen LogP contribution is 2.17. The Kier molecular flexibility index (Phi) is 6.15. The van der Waals surface area contributed by atoms with Crippen LogP contribution in [0.4, 0.5) is 0 Å². The van der Waals surface area contributed by atoms with Gasteiger partial charge in [-0.25, -0.2) is 8.93 Å². The molecule has 0 aromatic heterocycles. The van der Waals surface area contributed by atoms with Crippen LogP contribution in [0.3, 0.4) is 0 Å². The SMILES string of the molecule is CC(C)[C@@H](O)[C@@H](N[S@](=O)C(C)(C)C)C(C)C. The molecule has 0 amide bonds. The monoisotopic (exact) mass is 249 g/mol. The van der Waals surface area contributed by atoms with Crippen LogP contribution in [-0.4, -0.2) is 26.2 Å². The van der Waals surface area contributed by atoms with Gasteiger partial charge in [-0.3, -0.25) is 0 Å². The van der Waals surface area contributed by atoms with Crippen LogP contribution in [0.5, 0.6) is 0 Å². The summed E-state index contributed by atoms with van der Waals surface area (Å²) >= 11 is 0. The van der Waals surface area contributed by atoms with Crippen molar-refractivity contribution >= 4 is 11.0 Å². The Morgan fingerprint density at radius 1 is 1.06 bits per heavy atom. The van der Waals surface area contributed by atoms with Crippen LogP contribution in [0.2, 0.25) is 0 Å². The molecule has 3 atom stereocenters. The standard InChI is InChI=1S/C12H27NO2S/c1-8(2)10(11(14)9(3)4)13-16(15)12(5,6)7/h8-11,13-14H,1-7H3/t10-,11+,16+/m0/s1. The normalized spacial score (nSPS) is 18.9. The van der Waals surface area contributed by atoms with Gasteiger partial charge in [0.25, 0.3) is 0 Å². The second-order valence-electron chi connectivity index (χ2n) is 6.00. The van der Waals surface area contributed by atoms with Gasteiger partial charge in [0.2, 0.25) is 0 Å². The first-order valence-corrected chi connectivity index (χ1v) is 7.08. The van der Waals surface area contributed by atoms with Crippen molar-refractivity contribution in [3.05, 3.63) is 0 Å². The maximum Gasteiger partial charge on any atom is 0.0973 e. The zero-order valence-electron chi connectivity index (χ0n) is 11.6. The predicted molar refractivity (Wildman–Crippen MR) is 70.5 cm³/mol. The second-order valence-corrected chi connectivity index (χ2v) is 8.00. The fourth-order valence-corrected chi connectivity index (χ4v) is 2.33. The zero-order chi connectivity index (χ0) is 13.1. The molecule has 0 rings (SSSR count). The van der Waals surface area contributed by atoms with Gasteiger partial charge in [-0.15, -0.1) is 0 Å². The number of aliphatic hydroxyl groups is 1. The lowest BCUT2D eigenvalue weighted by Gasteiger charge is -2.32. The smallest absolute Gasteiger partial charge is 0.0973 e. The molecule has 2 N–H and O–H groups in total. The van der Waals surface area contributed by atoms with Crippen LogP contribution in [0.25, 0.3) is 0 Å². The number of rotatable bonds is 5. The summed E-state index contributed by atoms with van der Waals surface area (Å²) in [6.07, 6.45) is -0.466. The maximum absolute atomic E-state index is 12.0. The van der Waals surface area contributed by atoms with Gasteiger partial charge in [0.1, 0.15) is 0 Å². The molecular weight excluding hydrogens is 222 g/mol. The Morgan fingerprint density at radius 2 is 1.50 bits per heavy atom.